The van der Waals surface area contributed by atoms with Gasteiger partial charge >= 0.3 is 12.4 Å². The van der Waals surface area contributed by atoms with E-state index in [0.717, 1.165) is 111 Å². The Kier molecular flexibility index (Phi) is 16.4. The lowest BCUT2D eigenvalue weighted by molar-refractivity contribution is -0.138. The van der Waals surface area contributed by atoms with Crippen LogP contribution < -0.4 is 0 Å². The Labute approximate surface area is 485 Å². The molecule has 410 valence electrons. The number of hydrogen-bond donors (Lipinski definition) is 0. The van der Waals surface area contributed by atoms with E-state index in [1.807, 2.05) is 48.6 Å². The molecule has 0 bridgehead atoms. The maximum atomic E-state index is 13.3. The quantitative estimate of drug-likeness (QED) is 0.0797. The van der Waals surface area contributed by atoms with E-state index in [9.17, 15) is 26.3 Å². The van der Waals surface area contributed by atoms with Crippen molar-refractivity contribution in [3.05, 3.63) is 273 Å². The van der Waals surface area contributed by atoms with Crippen LogP contribution in [-0.2, 0) is 23.2 Å². The van der Waals surface area contributed by atoms with Gasteiger partial charge in [-0.2, -0.15) is 26.3 Å². The highest BCUT2D eigenvalue weighted by Gasteiger charge is 2.31. The fourth-order valence-corrected chi connectivity index (χ4v) is 12.0. The predicted octanol–water partition coefficient (Wildman–Crippen LogP) is 23.5. The number of hydrogen-bond acceptors (Lipinski definition) is 2. The van der Waals surface area contributed by atoms with Gasteiger partial charge in [-0.15, -0.1) is 22.7 Å². The molecule has 0 saturated heterocycles. The number of halogens is 6. The zero-order valence-electron chi connectivity index (χ0n) is 46.3. The first-order valence-electron chi connectivity index (χ1n) is 27.1. The third kappa shape index (κ3) is 14.1. The van der Waals surface area contributed by atoms with Crippen molar-refractivity contribution in [2.75, 3.05) is 0 Å². The highest BCUT2D eigenvalue weighted by atomic mass is 32.1. The van der Waals surface area contributed by atoms with Gasteiger partial charge in [0.15, 0.2) is 0 Å². The highest BCUT2D eigenvalue weighted by molar-refractivity contribution is 7.26. The Hall–Kier alpha value is -8.30. The van der Waals surface area contributed by atoms with Crippen LogP contribution in [-0.4, -0.2) is 0 Å². The number of rotatable bonds is 13. The molecule has 0 atom stereocenters. The normalized spacial score (nSPS) is 12.7. The number of alkyl halides is 6. The maximum absolute atomic E-state index is 13.3. The number of thiophene rings is 2. The Balaban J connectivity index is 1.02. The Bertz CT molecular complexity index is 3640. The molecule has 0 aliphatic carbocycles. The summed E-state index contributed by atoms with van der Waals surface area (Å²) in [6.07, 6.45) is 7.18. The summed E-state index contributed by atoms with van der Waals surface area (Å²) in [5.74, 6) is 0. The molecular weight excluding hydrogens is 1070 g/mol. The summed E-state index contributed by atoms with van der Waals surface area (Å²) >= 11 is 3.48. The fraction of sp³-hybridized carbons (Fsp3) is 0.135. The lowest BCUT2D eigenvalue weighted by Crippen LogP contribution is -2.10. The van der Waals surface area contributed by atoms with Crippen LogP contribution in [0, 0.1) is 0 Å². The lowest BCUT2D eigenvalue weighted by atomic mass is 9.86. The van der Waals surface area contributed by atoms with Crippen molar-refractivity contribution in [3.63, 3.8) is 0 Å². The van der Waals surface area contributed by atoms with Gasteiger partial charge in [-0.1, -0.05) is 260 Å². The second kappa shape index (κ2) is 23.7. The summed E-state index contributed by atoms with van der Waals surface area (Å²) in [4.78, 5) is 4.39. The molecule has 10 rings (SSSR count). The molecule has 2 heterocycles. The van der Waals surface area contributed by atoms with Gasteiger partial charge in [-0.25, -0.2) is 0 Å². The fourth-order valence-electron chi connectivity index (χ4n) is 9.42. The first-order valence-corrected chi connectivity index (χ1v) is 28.7. The van der Waals surface area contributed by atoms with E-state index in [0.29, 0.717) is 11.1 Å². The van der Waals surface area contributed by atoms with Crippen LogP contribution in [0.5, 0.6) is 0 Å². The summed E-state index contributed by atoms with van der Waals surface area (Å²) in [6.45, 7) is 13.3. The SMILES string of the molecule is CC(C)(C)c1ccc(/C=C/c2ccc(-c3cc(-c4ccc(/C=C/c5ccc(C(F)(F)F)cc5)cc4)c(-c4sc(-c5ccc(/C=C/c6ccc(C(C)(C)C)cc6)cc5)cc4-c4ccc(/C=C/c5ccc(C(F)(F)F)cc5)cc4)s3)cc2)cc1. The first-order chi connectivity index (χ1) is 39.1. The van der Waals surface area contributed by atoms with Crippen molar-refractivity contribution in [2.45, 2.75) is 64.7 Å². The van der Waals surface area contributed by atoms with E-state index in [1.165, 1.54) is 35.4 Å². The summed E-state index contributed by atoms with van der Waals surface area (Å²) in [5.41, 5.74) is 15.2. The molecule has 0 fully saturated rings. The molecule has 2 aromatic heterocycles. The molecule has 0 unspecified atom stereocenters. The highest BCUT2D eigenvalue weighted by Crippen LogP contribution is 2.51. The van der Waals surface area contributed by atoms with E-state index < -0.39 is 23.5 Å². The van der Waals surface area contributed by atoms with Crippen LogP contribution in [0.25, 0.3) is 101 Å². The van der Waals surface area contributed by atoms with Gasteiger partial charge in [0.25, 0.3) is 0 Å². The zero-order chi connectivity index (χ0) is 57.8. The van der Waals surface area contributed by atoms with E-state index >= 15 is 0 Å². The minimum atomic E-state index is -4.40. The van der Waals surface area contributed by atoms with Gasteiger partial charge in [0.2, 0.25) is 0 Å². The lowest BCUT2D eigenvalue weighted by Gasteiger charge is -2.18. The van der Waals surface area contributed by atoms with Gasteiger partial charge in [0.05, 0.1) is 20.9 Å². The van der Waals surface area contributed by atoms with E-state index in [-0.39, 0.29) is 10.8 Å². The minimum absolute atomic E-state index is 0.0777. The van der Waals surface area contributed by atoms with Crippen molar-refractivity contribution in [2.24, 2.45) is 0 Å². The maximum Gasteiger partial charge on any atom is 0.416 e. The third-order valence-electron chi connectivity index (χ3n) is 14.4. The van der Waals surface area contributed by atoms with Crippen molar-refractivity contribution in [1.29, 1.82) is 0 Å². The smallest absolute Gasteiger partial charge is 0.166 e. The zero-order valence-corrected chi connectivity index (χ0v) is 48.0. The van der Waals surface area contributed by atoms with Crippen molar-refractivity contribution >= 4 is 71.3 Å². The molecule has 0 N–H and O–H groups in total. The molecular formula is C74H60F6S2. The average molecular weight is 1130 g/mol. The van der Waals surface area contributed by atoms with Gasteiger partial charge in [0, 0.05) is 20.9 Å². The Morgan fingerprint density at radius 1 is 0.256 bits per heavy atom. The van der Waals surface area contributed by atoms with Crippen molar-refractivity contribution in [3.8, 4) is 52.9 Å². The summed E-state index contributed by atoms with van der Waals surface area (Å²) < 4.78 is 79.8. The molecule has 0 nitrogen and oxygen atoms in total. The molecule has 8 heteroatoms. The molecule has 0 aliphatic rings. The molecule has 8 aromatic carbocycles. The summed E-state index contributed by atoms with van der Waals surface area (Å²) in [6, 6.07) is 66.0. The molecule has 0 radical (unpaired) electrons. The monoisotopic (exact) mass is 1130 g/mol. The molecule has 0 amide bonds. The van der Waals surface area contributed by atoms with Gasteiger partial charge < -0.3 is 0 Å². The largest absolute Gasteiger partial charge is 0.416 e. The molecule has 0 saturated carbocycles. The average Bonchev–Trinajstić information content (AvgIpc) is 4.21. The minimum Gasteiger partial charge on any atom is -0.166 e. The van der Waals surface area contributed by atoms with Crippen LogP contribution in [0.1, 0.15) is 108 Å². The summed E-state index contributed by atoms with van der Waals surface area (Å²) in [7, 11) is 0. The third-order valence-corrected chi connectivity index (χ3v) is 16.9. The van der Waals surface area contributed by atoms with E-state index in [2.05, 4.69) is 199 Å². The molecule has 0 spiro atoms. The molecule has 0 aliphatic heterocycles. The second-order valence-corrected chi connectivity index (χ2v) is 24.6. The van der Waals surface area contributed by atoms with Crippen molar-refractivity contribution < 1.29 is 26.3 Å². The van der Waals surface area contributed by atoms with E-state index in [4.69, 9.17) is 0 Å². The van der Waals surface area contributed by atoms with Crippen LogP contribution in [0.2, 0.25) is 0 Å². The standard InChI is InChI=1S/C74H60F6S2/c1-71(2,3)61-39-23-53(24-40-61)11-9-51-19-35-59(36-20-51)67-47-65(57-31-15-49(16-32-57)7-13-55-27-43-63(44-28-55)73(75,76)77)69(81-67)70-66(58-33-17-50(18-34-58)8-14-56-29-45-64(46-30-56)74(78,79)80)48-68(82-70)60-37-21-52(22-38-60)10-12-54-25-41-62(42-26-54)72(4,5)6/h7-48H,1-6H3/b11-9+,12-10+,13-7+,14-8+. The van der Waals surface area contributed by atoms with Crippen LogP contribution in [0.3, 0.4) is 0 Å². The van der Waals surface area contributed by atoms with Gasteiger partial charge in [0.1, 0.15) is 0 Å². The molecule has 10 aromatic rings. The van der Waals surface area contributed by atoms with Crippen LogP contribution >= 0.6 is 22.7 Å². The van der Waals surface area contributed by atoms with Crippen LogP contribution in [0.15, 0.2) is 206 Å². The first kappa shape index (κ1) is 57.0. The van der Waals surface area contributed by atoms with Gasteiger partial charge in [-0.05, 0) is 125 Å². The van der Waals surface area contributed by atoms with Crippen LogP contribution in [0.4, 0.5) is 26.3 Å². The van der Waals surface area contributed by atoms with Gasteiger partial charge in [-0.3, -0.25) is 0 Å². The summed E-state index contributed by atoms with van der Waals surface area (Å²) in [5, 5.41) is 0. The topological polar surface area (TPSA) is 0 Å². The Morgan fingerprint density at radius 2 is 0.451 bits per heavy atom. The predicted molar refractivity (Wildman–Crippen MR) is 338 cm³/mol. The van der Waals surface area contributed by atoms with E-state index in [1.54, 1.807) is 22.7 Å². The van der Waals surface area contributed by atoms with Crippen molar-refractivity contribution in [1.82, 2.24) is 0 Å². The molecule has 82 heavy (non-hydrogen) atoms. The number of benzene rings is 8. The Morgan fingerprint density at radius 3 is 0.659 bits per heavy atom. The second-order valence-electron chi connectivity index (χ2n) is 22.5.